The molecule has 0 saturated carbocycles. The second-order valence-corrected chi connectivity index (χ2v) is 3.48. The van der Waals surface area contributed by atoms with Gasteiger partial charge in [-0.3, -0.25) is 0 Å². The summed E-state index contributed by atoms with van der Waals surface area (Å²) in [6, 6.07) is 8.44. The Kier molecular flexibility index (Phi) is 3.30. The summed E-state index contributed by atoms with van der Waals surface area (Å²) in [4.78, 5) is 0. The molecular weight excluding hydrogens is 148 g/mol. The highest BCUT2D eigenvalue weighted by Crippen LogP contribution is 2.09. The molecule has 1 rings (SSSR count). The second-order valence-electron chi connectivity index (χ2n) is 3.48. The van der Waals surface area contributed by atoms with Gasteiger partial charge in [-0.15, -0.1) is 0 Å². The van der Waals surface area contributed by atoms with E-state index in [1.165, 1.54) is 11.1 Å². The van der Waals surface area contributed by atoms with Crippen LogP contribution in [-0.4, -0.2) is 11.7 Å². The van der Waals surface area contributed by atoms with E-state index >= 15 is 0 Å². The molecule has 1 heteroatoms. The van der Waals surface area contributed by atoms with Crippen LogP contribution in [0.3, 0.4) is 0 Å². The van der Waals surface area contributed by atoms with Crippen molar-refractivity contribution in [3.8, 4) is 0 Å². The molecule has 0 aliphatic heterocycles. The first-order valence-corrected chi connectivity index (χ1v) is 4.38. The lowest BCUT2D eigenvalue weighted by molar-refractivity contribution is 0.237. The Labute approximate surface area is 74.1 Å². The van der Waals surface area contributed by atoms with Gasteiger partial charge in [0.2, 0.25) is 0 Å². The van der Waals surface area contributed by atoms with Crippen LogP contribution in [-0.2, 0) is 6.42 Å². The molecule has 0 fully saturated rings. The summed E-state index contributed by atoms with van der Waals surface area (Å²) in [6.45, 7) is 4.42. The van der Waals surface area contributed by atoms with Gasteiger partial charge in [-0.25, -0.2) is 0 Å². The maximum Gasteiger partial charge on any atom is 0.0459 e. The number of aryl methyl sites for hydroxylation is 1. The van der Waals surface area contributed by atoms with Crippen LogP contribution in [0, 0.1) is 12.8 Å². The lowest BCUT2D eigenvalue weighted by atomic mass is 10.0. The fourth-order valence-electron chi connectivity index (χ4n) is 1.31. The Morgan fingerprint density at radius 3 is 2.75 bits per heavy atom. The van der Waals surface area contributed by atoms with Gasteiger partial charge in [-0.1, -0.05) is 36.8 Å². The fourth-order valence-corrected chi connectivity index (χ4v) is 1.31. The summed E-state index contributed by atoms with van der Waals surface area (Å²) < 4.78 is 0. The molecule has 0 heterocycles. The Bertz CT molecular complexity index is 243. The third-order valence-electron chi connectivity index (χ3n) is 1.98. The molecule has 0 aromatic heterocycles. The van der Waals surface area contributed by atoms with Crippen LogP contribution in [0.15, 0.2) is 24.3 Å². The third-order valence-corrected chi connectivity index (χ3v) is 1.98. The monoisotopic (exact) mass is 164 g/mol. The maximum atomic E-state index is 8.87. The topological polar surface area (TPSA) is 20.2 Å². The molecule has 66 valence electrons. The smallest absolute Gasteiger partial charge is 0.0459 e. The SMILES string of the molecule is Cc1cccc(CC(C)CO)c1. The molecule has 1 atom stereocenters. The van der Waals surface area contributed by atoms with Crippen molar-refractivity contribution in [2.45, 2.75) is 20.3 Å². The molecule has 12 heavy (non-hydrogen) atoms. The van der Waals surface area contributed by atoms with Gasteiger partial charge < -0.3 is 5.11 Å². The molecule has 1 N–H and O–H groups in total. The zero-order valence-corrected chi connectivity index (χ0v) is 7.75. The standard InChI is InChI=1S/C11H16O/c1-9-4-3-5-11(6-9)7-10(2)8-12/h3-6,10,12H,7-8H2,1-2H3. The highest BCUT2D eigenvalue weighted by Gasteiger charge is 2.00. The van der Waals surface area contributed by atoms with Crippen molar-refractivity contribution in [3.05, 3.63) is 35.4 Å². The molecule has 0 aliphatic carbocycles. The van der Waals surface area contributed by atoms with Gasteiger partial charge >= 0.3 is 0 Å². The Morgan fingerprint density at radius 1 is 1.42 bits per heavy atom. The molecular formula is C11H16O. The van der Waals surface area contributed by atoms with Crippen molar-refractivity contribution in [3.63, 3.8) is 0 Å². The van der Waals surface area contributed by atoms with E-state index in [9.17, 15) is 0 Å². The fraction of sp³-hybridized carbons (Fsp3) is 0.455. The van der Waals surface area contributed by atoms with Gasteiger partial charge in [0.25, 0.3) is 0 Å². The minimum Gasteiger partial charge on any atom is -0.396 e. The Morgan fingerprint density at radius 2 is 2.17 bits per heavy atom. The van der Waals surface area contributed by atoms with Crippen LogP contribution in [0.4, 0.5) is 0 Å². The predicted octanol–water partition coefficient (Wildman–Crippen LogP) is 2.17. The van der Waals surface area contributed by atoms with Gasteiger partial charge in [-0.05, 0) is 24.8 Å². The molecule has 0 aliphatic rings. The minimum absolute atomic E-state index is 0.272. The number of aliphatic hydroxyl groups is 1. The molecule has 1 unspecified atom stereocenters. The van der Waals surface area contributed by atoms with Crippen molar-refractivity contribution in [1.29, 1.82) is 0 Å². The van der Waals surface area contributed by atoms with E-state index in [2.05, 4.69) is 38.1 Å². The lowest BCUT2D eigenvalue weighted by Gasteiger charge is -2.07. The van der Waals surface area contributed by atoms with E-state index in [1.54, 1.807) is 0 Å². The van der Waals surface area contributed by atoms with Gasteiger partial charge in [0.05, 0.1) is 0 Å². The highest BCUT2D eigenvalue weighted by atomic mass is 16.3. The van der Waals surface area contributed by atoms with Gasteiger partial charge in [0, 0.05) is 6.61 Å². The largest absolute Gasteiger partial charge is 0.396 e. The Hall–Kier alpha value is -0.820. The lowest BCUT2D eigenvalue weighted by Crippen LogP contribution is -2.04. The predicted molar refractivity (Wildman–Crippen MR) is 51.1 cm³/mol. The second kappa shape index (κ2) is 4.27. The molecule has 1 aromatic rings. The summed E-state index contributed by atoms with van der Waals surface area (Å²) in [5.41, 5.74) is 2.61. The van der Waals surface area contributed by atoms with Crippen molar-refractivity contribution >= 4 is 0 Å². The van der Waals surface area contributed by atoms with E-state index < -0.39 is 0 Å². The summed E-state index contributed by atoms with van der Waals surface area (Å²) in [5, 5.41) is 8.87. The van der Waals surface area contributed by atoms with Crippen LogP contribution in [0.25, 0.3) is 0 Å². The van der Waals surface area contributed by atoms with Crippen molar-refractivity contribution in [1.82, 2.24) is 0 Å². The van der Waals surface area contributed by atoms with Crippen molar-refractivity contribution in [2.75, 3.05) is 6.61 Å². The van der Waals surface area contributed by atoms with E-state index in [0.29, 0.717) is 5.92 Å². The summed E-state index contributed by atoms with van der Waals surface area (Å²) in [6.07, 6.45) is 0.970. The van der Waals surface area contributed by atoms with E-state index in [-0.39, 0.29) is 6.61 Å². The minimum atomic E-state index is 0.272. The van der Waals surface area contributed by atoms with Crippen molar-refractivity contribution in [2.24, 2.45) is 5.92 Å². The first kappa shape index (κ1) is 9.27. The van der Waals surface area contributed by atoms with Gasteiger partial charge in [0.1, 0.15) is 0 Å². The Balaban J connectivity index is 2.63. The van der Waals surface area contributed by atoms with Gasteiger partial charge in [0.15, 0.2) is 0 Å². The number of aliphatic hydroxyl groups excluding tert-OH is 1. The number of benzene rings is 1. The maximum absolute atomic E-state index is 8.87. The third kappa shape index (κ3) is 2.67. The van der Waals surface area contributed by atoms with Crippen LogP contribution < -0.4 is 0 Å². The quantitative estimate of drug-likeness (QED) is 0.726. The number of rotatable bonds is 3. The molecule has 0 amide bonds. The van der Waals surface area contributed by atoms with Crippen LogP contribution in [0.5, 0.6) is 0 Å². The van der Waals surface area contributed by atoms with Crippen LogP contribution >= 0.6 is 0 Å². The molecule has 0 radical (unpaired) electrons. The number of hydrogen-bond donors (Lipinski definition) is 1. The average Bonchev–Trinajstić information content (AvgIpc) is 2.04. The summed E-state index contributed by atoms with van der Waals surface area (Å²) >= 11 is 0. The summed E-state index contributed by atoms with van der Waals surface area (Å²) in [7, 11) is 0. The van der Waals surface area contributed by atoms with E-state index in [1.807, 2.05) is 0 Å². The number of hydrogen-bond acceptors (Lipinski definition) is 1. The molecule has 1 aromatic carbocycles. The zero-order chi connectivity index (χ0) is 8.97. The molecule has 0 bridgehead atoms. The normalized spacial score (nSPS) is 12.9. The van der Waals surface area contributed by atoms with Crippen LogP contribution in [0.2, 0.25) is 0 Å². The molecule has 0 spiro atoms. The molecule has 0 saturated heterocycles. The van der Waals surface area contributed by atoms with Gasteiger partial charge in [-0.2, -0.15) is 0 Å². The first-order chi connectivity index (χ1) is 5.72. The average molecular weight is 164 g/mol. The highest BCUT2D eigenvalue weighted by molar-refractivity contribution is 5.22. The van der Waals surface area contributed by atoms with E-state index in [4.69, 9.17) is 5.11 Å². The van der Waals surface area contributed by atoms with Crippen LogP contribution in [0.1, 0.15) is 18.1 Å². The van der Waals surface area contributed by atoms with E-state index in [0.717, 1.165) is 6.42 Å². The zero-order valence-electron chi connectivity index (χ0n) is 7.75. The first-order valence-electron chi connectivity index (χ1n) is 4.38. The summed E-state index contributed by atoms with van der Waals surface area (Å²) in [5.74, 6) is 0.367. The molecule has 1 nitrogen and oxygen atoms in total. The van der Waals surface area contributed by atoms with Crippen molar-refractivity contribution < 1.29 is 5.11 Å².